The maximum Gasteiger partial charge on any atom is 0.272 e. The third kappa shape index (κ3) is 4.52. The topological polar surface area (TPSA) is 90.7 Å². The lowest BCUT2D eigenvalue weighted by Crippen LogP contribution is -2.46. The van der Waals surface area contributed by atoms with Gasteiger partial charge in [-0.2, -0.15) is 0 Å². The molecule has 0 aliphatic carbocycles. The van der Waals surface area contributed by atoms with Crippen LogP contribution in [0.1, 0.15) is 11.1 Å². The molecule has 5 rings (SSSR count). The van der Waals surface area contributed by atoms with Crippen molar-refractivity contribution in [3.8, 4) is 11.5 Å². The first-order valence-electron chi connectivity index (χ1n) is 10.2. The molecule has 2 heterocycles. The largest absolute Gasteiger partial charge is 0.457 e. The highest BCUT2D eigenvalue weighted by molar-refractivity contribution is 5.81. The molecule has 0 fully saturated rings. The zero-order valence-corrected chi connectivity index (χ0v) is 17.3. The number of aromatic nitrogens is 3. The van der Waals surface area contributed by atoms with Crippen LogP contribution in [0.25, 0.3) is 23.1 Å². The Morgan fingerprint density at radius 2 is 1.42 bits per heavy atom. The smallest absolute Gasteiger partial charge is 0.272 e. The van der Waals surface area contributed by atoms with Crippen LogP contribution in [0.5, 0.6) is 11.5 Å². The third-order valence-electron chi connectivity index (χ3n) is 5.09. The van der Waals surface area contributed by atoms with Crippen LogP contribution in [0.3, 0.4) is 0 Å². The number of aromatic amines is 3. The van der Waals surface area contributed by atoms with Crippen molar-refractivity contribution < 1.29 is 9.13 Å². The van der Waals surface area contributed by atoms with E-state index in [9.17, 15) is 14.0 Å². The van der Waals surface area contributed by atoms with Gasteiger partial charge >= 0.3 is 0 Å². The first-order valence-corrected chi connectivity index (χ1v) is 10.2. The Kier molecular flexibility index (Phi) is 5.20. The van der Waals surface area contributed by atoms with Crippen molar-refractivity contribution >= 4 is 23.1 Å². The van der Waals surface area contributed by atoms with Crippen molar-refractivity contribution in [2.45, 2.75) is 0 Å². The maximum atomic E-state index is 13.1. The van der Waals surface area contributed by atoms with Crippen molar-refractivity contribution in [3.63, 3.8) is 0 Å². The van der Waals surface area contributed by atoms with Crippen molar-refractivity contribution in [1.82, 2.24) is 15.0 Å². The highest BCUT2D eigenvalue weighted by Gasteiger charge is 2.01. The summed E-state index contributed by atoms with van der Waals surface area (Å²) in [7, 11) is 0. The number of halogens is 1. The molecule has 3 aromatic carbocycles. The number of ether oxygens (including phenoxy) is 1. The summed E-state index contributed by atoms with van der Waals surface area (Å²) in [4.78, 5) is 33.6. The number of H-pyrrole nitrogens is 3. The Hall–Kier alpha value is -4.65. The van der Waals surface area contributed by atoms with E-state index in [1.807, 2.05) is 30.5 Å². The van der Waals surface area contributed by atoms with Crippen LogP contribution in [0, 0.1) is 5.82 Å². The molecule has 0 bridgehead atoms. The van der Waals surface area contributed by atoms with Gasteiger partial charge in [-0.15, -0.1) is 0 Å². The van der Waals surface area contributed by atoms with Crippen molar-refractivity contribution in [2.24, 2.45) is 0 Å². The van der Waals surface area contributed by atoms with Gasteiger partial charge in [0.2, 0.25) is 0 Å². The number of fused-ring (bicyclic) bond motifs is 1. The van der Waals surface area contributed by atoms with Crippen molar-refractivity contribution in [3.05, 3.63) is 127 Å². The molecule has 0 atom stereocenters. The average molecular weight is 439 g/mol. The molecule has 0 aliphatic heterocycles. The lowest BCUT2D eigenvalue weighted by atomic mass is 10.1. The van der Waals surface area contributed by atoms with Gasteiger partial charge in [-0.1, -0.05) is 18.2 Å². The van der Waals surface area contributed by atoms with Gasteiger partial charge in [0, 0.05) is 11.7 Å². The highest BCUT2D eigenvalue weighted by Crippen LogP contribution is 2.22. The Morgan fingerprint density at radius 3 is 2.15 bits per heavy atom. The zero-order chi connectivity index (χ0) is 22.8. The van der Waals surface area contributed by atoms with Crippen LogP contribution in [0.2, 0.25) is 0 Å². The summed E-state index contributed by atoms with van der Waals surface area (Å²) < 4.78 is 18.8. The zero-order valence-electron chi connectivity index (χ0n) is 17.3. The molecular weight excluding hydrogens is 421 g/mol. The van der Waals surface area contributed by atoms with Crippen molar-refractivity contribution in [1.29, 1.82) is 0 Å². The summed E-state index contributed by atoms with van der Waals surface area (Å²) in [5.74, 6) is 0.648. The molecule has 0 amide bonds. The molecule has 0 saturated heterocycles. The van der Waals surface area contributed by atoms with Crippen LogP contribution in [-0.4, -0.2) is 15.0 Å². The Labute approximate surface area is 186 Å². The van der Waals surface area contributed by atoms with Crippen LogP contribution < -0.4 is 26.6 Å². The average Bonchev–Trinajstić information content (AvgIpc) is 3.27. The second kappa shape index (κ2) is 8.47. The minimum atomic E-state index is -0.423. The minimum absolute atomic E-state index is 0.122. The van der Waals surface area contributed by atoms with Crippen LogP contribution in [-0.2, 0) is 0 Å². The van der Waals surface area contributed by atoms with Gasteiger partial charge in [0.15, 0.2) is 0 Å². The van der Waals surface area contributed by atoms with E-state index in [-0.39, 0.29) is 16.5 Å². The molecule has 33 heavy (non-hydrogen) atoms. The fourth-order valence-electron chi connectivity index (χ4n) is 3.50. The van der Waals surface area contributed by atoms with Crippen LogP contribution in [0.15, 0.2) is 88.6 Å². The summed E-state index contributed by atoms with van der Waals surface area (Å²) in [6, 6.07) is 20.3. The van der Waals surface area contributed by atoms with Crippen LogP contribution in [0.4, 0.5) is 4.39 Å². The van der Waals surface area contributed by atoms with Crippen molar-refractivity contribution in [2.75, 3.05) is 0 Å². The molecular formula is C26H18FN3O3. The number of nitrogens with one attached hydrogen (secondary N) is 3. The number of benzene rings is 3. The minimum Gasteiger partial charge on any atom is -0.457 e. The van der Waals surface area contributed by atoms with E-state index >= 15 is 0 Å². The van der Waals surface area contributed by atoms with E-state index < -0.39 is 11.1 Å². The molecule has 0 spiro atoms. The number of rotatable bonds is 4. The van der Waals surface area contributed by atoms with Gasteiger partial charge in [-0.05, 0) is 83.3 Å². The van der Waals surface area contributed by atoms with E-state index in [0.717, 1.165) is 16.5 Å². The fraction of sp³-hybridized carbons (Fsp3) is 0. The molecule has 0 saturated carbocycles. The number of hydrogen-bond donors (Lipinski definition) is 3. The van der Waals surface area contributed by atoms with Gasteiger partial charge in [0.25, 0.3) is 11.1 Å². The maximum absolute atomic E-state index is 13.1. The van der Waals surface area contributed by atoms with E-state index in [0.29, 0.717) is 17.1 Å². The lowest BCUT2D eigenvalue weighted by molar-refractivity contribution is 0.480. The molecule has 2 aromatic heterocycles. The summed E-state index contributed by atoms with van der Waals surface area (Å²) in [6.07, 6.45) is 5.04. The Bertz CT molecular complexity index is 1700. The van der Waals surface area contributed by atoms with E-state index in [1.165, 1.54) is 24.3 Å². The molecule has 0 aliphatic rings. The second-order valence-electron chi connectivity index (χ2n) is 7.48. The lowest BCUT2D eigenvalue weighted by Gasteiger charge is -2.06. The van der Waals surface area contributed by atoms with E-state index in [2.05, 4.69) is 15.0 Å². The number of hydrogen-bond acceptors (Lipinski definition) is 3. The quantitative estimate of drug-likeness (QED) is 0.402. The predicted molar refractivity (Wildman–Crippen MR) is 125 cm³/mol. The summed E-state index contributed by atoms with van der Waals surface area (Å²) in [5.41, 5.74) is 1.61. The first-order chi connectivity index (χ1) is 16.0. The van der Waals surface area contributed by atoms with Gasteiger partial charge in [0.1, 0.15) is 28.0 Å². The molecule has 5 aromatic rings. The van der Waals surface area contributed by atoms with Gasteiger partial charge in [-0.25, -0.2) is 4.39 Å². The fourth-order valence-corrected chi connectivity index (χ4v) is 3.50. The Morgan fingerprint density at radius 1 is 0.727 bits per heavy atom. The third-order valence-corrected chi connectivity index (χ3v) is 5.09. The first kappa shape index (κ1) is 20.3. The van der Waals surface area contributed by atoms with Gasteiger partial charge < -0.3 is 19.7 Å². The van der Waals surface area contributed by atoms with Gasteiger partial charge in [-0.3, -0.25) is 9.59 Å². The summed E-state index contributed by atoms with van der Waals surface area (Å²) >= 11 is 0. The standard InChI is InChI=1S/C26H18FN3O3/c27-19-5-7-20(8-6-19)33-21-3-1-2-16(13-21)14-23-25(31)30-24(26(32)29-23)15-17-4-9-22-18(12-17)10-11-28-22/h1-15,28H,(H,29,32)(H,30,31)/b23-14-,24-15-. The normalized spacial score (nSPS) is 12.4. The predicted octanol–water partition coefficient (Wildman–Crippen LogP) is 3.13. The molecule has 7 heteroatoms. The van der Waals surface area contributed by atoms with Gasteiger partial charge in [0.05, 0.1) is 0 Å². The highest BCUT2D eigenvalue weighted by atomic mass is 19.1. The SMILES string of the molecule is O=c1[nH]/c(=C\c2ccc3[nH]ccc3c2)c(=O)[nH]/c1=C\c1cccc(Oc2ccc(F)cc2)c1. The summed E-state index contributed by atoms with van der Waals surface area (Å²) in [6.45, 7) is 0. The Balaban J connectivity index is 1.48. The monoisotopic (exact) mass is 439 g/mol. The molecule has 0 unspecified atom stereocenters. The van der Waals surface area contributed by atoms with E-state index in [1.54, 1.807) is 36.4 Å². The molecule has 3 N–H and O–H groups in total. The molecule has 162 valence electrons. The molecule has 6 nitrogen and oxygen atoms in total. The second-order valence-corrected chi connectivity index (χ2v) is 7.48. The molecule has 0 radical (unpaired) electrons. The van der Waals surface area contributed by atoms with Crippen LogP contribution >= 0.6 is 0 Å². The van der Waals surface area contributed by atoms with E-state index in [4.69, 9.17) is 4.74 Å². The summed E-state index contributed by atoms with van der Waals surface area (Å²) in [5, 5.41) is 1.30.